The normalized spacial score (nSPS) is 15.0. The van der Waals surface area contributed by atoms with Crippen LogP contribution in [0.1, 0.15) is 90.3 Å². The number of benzene rings is 4. The third-order valence-corrected chi connectivity index (χ3v) is 10.7. The summed E-state index contributed by atoms with van der Waals surface area (Å²) in [5.41, 5.74) is 11.7. The van der Waals surface area contributed by atoms with Gasteiger partial charge < -0.3 is 0 Å². The SMILES string of the molecule is CC(C)C1[C-]=CC(C(C)(C)C)=C1.Cc1[c-]c2c(cc1C)-c1cc(C)c(C)cc1C2.FC(F)(F)c1cccc([C](=[Zr+2])c2cccc(C(F)(F)F)c2)c1. The molecule has 0 saturated carbocycles. The number of alkyl halides is 6. The van der Waals surface area contributed by atoms with Crippen LogP contribution in [0.4, 0.5) is 26.3 Å². The Labute approximate surface area is 314 Å². The van der Waals surface area contributed by atoms with Gasteiger partial charge in [0.1, 0.15) is 0 Å². The Balaban J connectivity index is 0.000000179. The van der Waals surface area contributed by atoms with Gasteiger partial charge in [0.05, 0.1) is 0 Å². The van der Waals surface area contributed by atoms with Gasteiger partial charge in [0.15, 0.2) is 0 Å². The minimum atomic E-state index is -4.49. The Morgan fingerprint density at radius 2 is 1.24 bits per heavy atom. The minimum absolute atomic E-state index is 0.271. The van der Waals surface area contributed by atoms with Gasteiger partial charge in [0, 0.05) is 0 Å². The quantitative estimate of drug-likeness (QED) is 0.126. The summed E-state index contributed by atoms with van der Waals surface area (Å²) in [6.45, 7) is 19.9. The van der Waals surface area contributed by atoms with E-state index in [2.05, 4.69) is 105 Å². The number of aryl methyl sites for hydroxylation is 4. The van der Waals surface area contributed by atoms with E-state index in [0.717, 1.165) is 54.9 Å². The third kappa shape index (κ3) is 10.2. The molecule has 7 heteroatoms. The van der Waals surface area contributed by atoms with Crippen LogP contribution in [0, 0.1) is 57.1 Å². The molecule has 0 radical (unpaired) electrons. The van der Waals surface area contributed by atoms with Gasteiger partial charge in [-0.15, -0.1) is 11.1 Å². The van der Waals surface area contributed by atoms with Crippen molar-refractivity contribution in [2.45, 2.75) is 81.1 Å². The Morgan fingerprint density at radius 3 is 1.69 bits per heavy atom. The number of allylic oxidation sites excluding steroid dienone is 4. The van der Waals surface area contributed by atoms with E-state index in [-0.39, 0.29) is 16.5 Å². The molecule has 4 aromatic rings. The van der Waals surface area contributed by atoms with E-state index in [1.807, 2.05) is 0 Å². The van der Waals surface area contributed by atoms with Gasteiger partial charge in [-0.1, -0.05) is 83.4 Å². The van der Waals surface area contributed by atoms with Gasteiger partial charge in [-0.25, -0.2) is 6.08 Å². The molecule has 1 unspecified atom stereocenters. The molecular formula is C44H44F6Zr. The van der Waals surface area contributed by atoms with Gasteiger partial charge >= 0.3 is 137 Å². The molecule has 2 aliphatic carbocycles. The van der Waals surface area contributed by atoms with Gasteiger partial charge in [0.2, 0.25) is 0 Å². The van der Waals surface area contributed by atoms with Crippen LogP contribution in [-0.4, -0.2) is 3.21 Å². The van der Waals surface area contributed by atoms with Gasteiger partial charge in [-0.2, -0.15) is 34.9 Å². The molecule has 0 saturated heterocycles. The zero-order valence-corrected chi connectivity index (χ0v) is 33.1. The van der Waals surface area contributed by atoms with Crippen LogP contribution in [0.2, 0.25) is 0 Å². The summed E-state index contributed by atoms with van der Waals surface area (Å²) in [6, 6.07) is 19.7. The molecule has 6 rings (SSSR count). The molecule has 0 amide bonds. The van der Waals surface area contributed by atoms with E-state index in [0.29, 0.717) is 15.0 Å². The van der Waals surface area contributed by atoms with Crippen LogP contribution >= 0.6 is 0 Å². The molecule has 0 nitrogen and oxygen atoms in total. The molecule has 0 fully saturated rings. The molecule has 0 bridgehead atoms. The average Bonchev–Trinajstić information content (AvgIpc) is 3.67. The van der Waals surface area contributed by atoms with Crippen LogP contribution in [0.5, 0.6) is 0 Å². The van der Waals surface area contributed by atoms with E-state index in [9.17, 15) is 26.3 Å². The number of hydrogen-bond donors (Lipinski definition) is 0. The summed E-state index contributed by atoms with van der Waals surface area (Å²) in [5, 5.41) is 0. The third-order valence-electron chi connectivity index (χ3n) is 9.32. The van der Waals surface area contributed by atoms with Crippen molar-refractivity contribution in [1.29, 1.82) is 0 Å². The van der Waals surface area contributed by atoms with Crippen molar-refractivity contribution in [3.05, 3.63) is 152 Å². The van der Waals surface area contributed by atoms with Crippen LogP contribution in [0.25, 0.3) is 11.1 Å². The summed E-state index contributed by atoms with van der Waals surface area (Å²) in [4.78, 5) is 0. The summed E-state index contributed by atoms with van der Waals surface area (Å²) in [5.74, 6) is 1.22. The first-order chi connectivity index (χ1) is 23.6. The van der Waals surface area contributed by atoms with Crippen molar-refractivity contribution in [3.63, 3.8) is 0 Å². The first kappa shape index (κ1) is 40.5. The van der Waals surface area contributed by atoms with Crippen LogP contribution in [-0.2, 0) is 43.0 Å². The van der Waals surface area contributed by atoms with E-state index >= 15 is 0 Å². The molecule has 2 aliphatic rings. The molecule has 1 atom stereocenters. The standard InChI is InChI=1S/C17H17.C15H8F6.C12H19.Zr/c1-10-5-14-9-15-6-11(2)13(4)8-17(15)16(14)7-12(10)3;16-14(17,18)12-5-1-3-10(8-12)7-11-4-2-6-13(9-11)15(19,20)21;1-9(2)10-6-7-11(8-10)12(3,4)5;/h5,7-8H,9H2,1-4H3;1-6,8-9H;7-10H,1-5H3;/q-1;;-1;+2. The van der Waals surface area contributed by atoms with E-state index in [4.69, 9.17) is 0 Å². The maximum absolute atomic E-state index is 12.7. The molecule has 51 heavy (non-hydrogen) atoms. The van der Waals surface area contributed by atoms with Crippen molar-refractivity contribution >= 4 is 3.21 Å². The Hall–Kier alpha value is -3.31. The molecule has 0 heterocycles. The second-order valence-corrected chi connectivity index (χ2v) is 16.0. The molecule has 4 aromatic carbocycles. The Bertz CT molecular complexity index is 1850. The molecule has 0 aliphatic heterocycles. The van der Waals surface area contributed by atoms with Crippen molar-refractivity contribution in [2.75, 3.05) is 0 Å². The molecule has 0 aromatic heterocycles. The summed E-state index contributed by atoms with van der Waals surface area (Å²) in [6.07, 6.45) is -0.0190. The fraction of sp³-hybridized carbons (Fsp3) is 0.341. The number of rotatable bonds is 3. The van der Waals surface area contributed by atoms with Gasteiger partial charge in [-0.05, 0) is 37.0 Å². The number of hydrogen-bond acceptors (Lipinski definition) is 0. The first-order valence-corrected chi connectivity index (χ1v) is 18.2. The van der Waals surface area contributed by atoms with E-state index < -0.39 is 23.5 Å². The number of halogens is 6. The zero-order chi connectivity index (χ0) is 38.1. The maximum atomic E-state index is 12.7. The zero-order valence-electron chi connectivity index (χ0n) is 30.6. The summed E-state index contributed by atoms with van der Waals surface area (Å²) < 4.78 is 76.7. The average molecular weight is 778 g/mol. The predicted molar refractivity (Wildman–Crippen MR) is 192 cm³/mol. The van der Waals surface area contributed by atoms with Crippen LogP contribution in [0.3, 0.4) is 0 Å². The van der Waals surface area contributed by atoms with Crippen molar-refractivity contribution in [1.82, 2.24) is 0 Å². The molecular weight excluding hydrogens is 734 g/mol. The monoisotopic (exact) mass is 776 g/mol. The fourth-order valence-electron chi connectivity index (χ4n) is 5.84. The number of fused-ring (bicyclic) bond motifs is 3. The molecule has 266 valence electrons. The summed E-state index contributed by atoms with van der Waals surface area (Å²) in [7, 11) is 0. The van der Waals surface area contributed by atoms with Crippen LogP contribution < -0.4 is 0 Å². The Kier molecular flexibility index (Phi) is 12.5. The van der Waals surface area contributed by atoms with Crippen molar-refractivity contribution in [3.8, 4) is 11.1 Å². The second kappa shape index (κ2) is 15.7. The van der Waals surface area contributed by atoms with Gasteiger partial charge in [-0.3, -0.25) is 6.08 Å². The topological polar surface area (TPSA) is 0 Å². The van der Waals surface area contributed by atoms with E-state index in [1.54, 1.807) is 0 Å². The molecule has 0 spiro atoms. The van der Waals surface area contributed by atoms with Crippen LogP contribution in [0.15, 0.2) is 84.5 Å². The fourth-order valence-corrected chi connectivity index (χ4v) is 6.61. The van der Waals surface area contributed by atoms with E-state index in [1.165, 1.54) is 74.3 Å². The second-order valence-electron chi connectivity index (χ2n) is 14.7. The van der Waals surface area contributed by atoms with Crippen molar-refractivity contribution < 1.29 is 50.6 Å². The Morgan fingerprint density at radius 1 is 0.725 bits per heavy atom. The first-order valence-electron chi connectivity index (χ1n) is 16.9. The van der Waals surface area contributed by atoms with Crippen molar-refractivity contribution in [2.24, 2.45) is 17.3 Å². The molecule has 0 N–H and O–H groups in total. The summed E-state index contributed by atoms with van der Waals surface area (Å²) >= 11 is 0.729. The predicted octanol–water partition coefficient (Wildman–Crippen LogP) is 12.7. The van der Waals surface area contributed by atoms with Gasteiger partial charge in [0.25, 0.3) is 0 Å².